The lowest BCUT2D eigenvalue weighted by Crippen LogP contribution is -2.22. The molecule has 2 heterocycles. The zero-order valence-corrected chi connectivity index (χ0v) is 9.18. The summed E-state index contributed by atoms with van der Waals surface area (Å²) in [6.07, 6.45) is 4.98. The van der Waals surface area contributed by atoms with E-state index in [0.29, 0.717) is 24.3 Å². The zero-order valence-electron chi connectivity index (χ0n) is 9.18. The number of pyridine rings is 1. The van der Waals surface area contributed by atoms with E-state index in [9.17, 15) is 4.79 Å². The molecule has 2 aromatic heterocycles. The van der Waals surface area contributed by atoms with Gasteiger partial charge in [0.05, 0.1) is 11.9 Å². The van der Waals surface area contributed by atoms with E-state index >= 15 is 0 Å². The van der Waals surface area contributed by atoms with Crippen LogP contribution in [0, 0.1) is 0 Å². The third-order valence-corrected chi connectivity index (χ3v) is 2.30. The molecule has 0 radical (unpaired) electrons. The van der Waals surface area contributed by atoms with Crippen LogP contribution in [-0.2, 0) is 13.1 Å². The highest BCUT2D eigenvalue weighted by atomic mass is 16.1. The number of aromatic amines is 1. The molecule has 0 bridgehead atoms. The monoisotopic (exact) mass is 231 g/mol. The van der Waals surface area contributed by atoms with Crippen molar-refractivity contribution in [3.63, 3.8) is 0 Å². The van der Waals surface area contributed by atoms with Crippen LogP contribution < -0.4 is 11.1 Å². The Hall–Kier alpha value is -2.21. The molecular formula is C11H13N5O. The molecule has 1 amide bonds. The Kier molecular flexibility index (Phi) is 3.46. The molecule has 88 valence electrons. The maximum atomic E-state index is 11.8. The van der Waals surface area contributed by atoms with E-state index in [0.717, 1.165) is 5.56 Å². The minimum atomic E-state index is -0.150. The molecule has 17 heavy (non-hydrogen) atoms. The SMILES string of the molecule is NCc1cc(C(=O)NCc2cn[nH]c2)ccn1. The third kappa shape index (κ3) is 2.88. The predicted molar refractivity (Wildman–Crippen MR) is 61.9 cm³/mol. The van der Waals surface area contributed by atoms with E-state index in [-0.39, 0.29) is 5.91 Å². The summed E-state index contributed by atoms with van der Waals surface area (Å²) in [5.41, 5.74) is 7.64. The quantitative estimate of drug-likeness (QED) is 0.700. The number of carbonyl (C=O) groups is 1. The summed E-state index contributed by atoms with van der Waals surface area (Å²) < 4.78 is 0. The molecule has 0 fully saturated rings. The van der Waals surface area contributed by atoms with Crippen molar-refractivity contribution in [3.8, 4) is 0 Å². The first-order valence-corrected chi connectivity index (χ1v) is 5.20. The van der Waals surface area contributed by atoms with Crippen LogP contribution in [0.5, 0.6) is 0 Å². The molecule has 0 unspecified atom stereocenters. The second-order valence-corrected chi connectivity index (χ2v) is 3.53. The van der Waals surface area contributed by atoms with E-state index in [1.54, 1.807) is 30.7 Å². The first-order valence-electron chi connectivity index (χ1n) is 5.20. The summed E-state index contributed by atoms with van der Waals surface area (Å²) >= 11 is 0. The van der Waals surface area contributed by atoms with Crippen molar-refractivity contribution in [1.82, 2.24) is 20.5 Å². The van der Waals surface area contributed by atoms with Crippen molar-refractivity contribution in [1.29, 1.82) is 0 Å². The number of hydrogen-bond acceptors (Lipinski definition) is 4. The standard InChI is InChI=1S/C11H13N5O/c12-4-10-3-9(1-2-13-10)11(17)14-5-8-6-15-16-7-8/h1-3,6-7H,4-5,12H2,(H,14,17)(H,15,16). The van der Waals surface area contributed by atoms with Gasteiger partial charge in [-0.3, -0.25) is 14.9 Å². The Bertz CT molecular complexity index is 494. The second kappa shape index (κ2) is 5.22. The topological polar surface area (TPSA) is 96.7 Å². The van der Waals surface area contributed by atoms with Crippen LogP contribution in [0.25, 0.3) is 0 Å². The molecule has 2 aromatic rings. The fourth-order valence-electron chi connectivity index (χ4n) is 1.39. The van der Waals surface area contributed by atoms with Crippen molar-refractivity contribution in [3.05, 3.63) is 47.5 Å². The smallest absolute Gasteiger partial charge is 0.251 e. The van der Waals surface area contributed by atoms with Crippen LogP contribution in [-0.4, -0.2) is 21.1 Å². The van der Waals surface area contributed by atoms with Crippen LogP contribution >= 0.6 is 0 Å². The summed E-state index contributed by atoms with van der Waals surface area (Å²) in [5.74, 6) is -0.150. The van der Waals surface area contributed by atoms with Gasteiger partial charge in [0, 0.05) is 36.6 Å². The van der Waals surface area contributed by atoms with Crippen LogP contribution in [0.4, 0.5) is 0 Å². The van der Waals surface area contributed by atoms with E-state index in [2.05, 4.69) is 20.5 Å². The molecule has 0 atom stereocenters. The number of carbonyl (C=O) groups excluding carboxylic acids is 1. The molecule has 0 spiro atoms. The molecule has 0 saturated heterocycles. The Labute approximate surface area is 98.3 Å². The predicted octanol–water partition coefficient (Wildman–Crippen LogP) is 0.193. The molecule has 0 aliphatic carbocycles. The molecule has 4 N–H and O–H groups in total. The van der Waals surface area contributed by atoms with Crippen molar-refractivity contribution in [2.45, 2.75) is 13.1 Å². The molecule has 2 rings (SSSR count). The van der Waals surface area contributed by atoms with Crippen LogP contribution in [0.1, 0.15) is 21.6 Å². The highest BCUT2D eigenvalue weighted by Gasteiger charge is 2.06. The van der Waals surface area contributed by atoms with E-state index in [1.807, 2.05) is 0 Å². The van der Waals surface area contributed by atoms with Gasteiger partial charge in [-0.2, -0.15) is 5.10 Å². The molecule has 6 nitrogen and oxygen atoms in total. The Morgan fingerprint density at radius 1 is 1.53 bits per heavy atom. The molecular weight excluding hydrogens is 218 g/mol. The van der Waals surface area contributed by atoms with Crippen molar-refractivity contribution in [2.24, 2.45) is 5.73 Å². The van der Waals surface area contributed by atoms with Crippen molar-refractivity contribution < 1.29 is 4.79 Å². The number of nitrogens with zero attached hydrogens (tertiary/aromatic N) is 2. The normalized spacial score (nSPS) is 10.2. The minimum Gasteiger partial charge on any atom is -0.348 e. The molecule has 0 aliphatic rings. The molecule has 0 aromatic carbocycles. The van der Waals surface area contributed by atoms with Gasteiger partial charge < -0.3 is 11.1 Å². The van der Waals surface area contributed by atoms with Gasteiger partial charge in [0.25, 0.3) is 5.91 Å². The number of amides is 1. The fraction of sp³-hybridized carbons (Fsp3) is 0.182. The average Bonchev–Trinajstić information content (AvgIpc) is 2.89. The number of H-pyrrole nitrogens is 1. The second-order valence-electron chi connectivity index (χ2n) is 3.53. The van der Waals surface area contributed by atoms with E-state index in [1.165, 1.54) is 0 Å². The molecule has 6 heteroatoms. The zero-order chi connectivity index (χ0) is 12.1. The number of nitrogens with one attached hydrogen (secondary N) is 2. The van der Waals surface area contributed by atoms with Gasteiger partial charge in [0.15, 0.2) is 0 Å². The van der Waals surface area contributed by atoms with Gasteiger partial charge in [-0.15, -0.1) is 0 Å². The van der Waals surface area contributed by atoms with Crippen molar-refractivity contribution >= 4 is 5.91 Å². The van der Waals surface area contributed by atoms with Gasteiger partial charge in [-0.1, -0.05) is 0 Å². The lowest BCUT2D eigenvalue weighted by molar-refractivity contribution is 0.0950. The number of hydrogen-bond donors (Lipinski definition) is 3. The fourth-order valence-corrected chi connectivity index (χ4v) is 1.39. The van der Waals surface area contributed by atoms with Crippen LogP contribution in [0.2, 0.25) is 0 Å². The van der Waals surface area contributed by atoms with Crippen LogP contribution in [0.3, 0.4) is 0 Å². The average molecular weight is 231 g/mol. The van der Waals surface area contributed by atoms with E-state index < -0.39 is 0 Å². The summed E-state index contributed by atoms with van der Waals surface area (Å²) in [6, 6.07) is 3.34. The Balaban J connectivity index is 1.99. The maximum absolute atomic E-state index is 11.8. The van der Waals surface area contributed by atoms with Gasteiger partial charge in [0.2, 0.25) is 0 Å². The lowest BCUT2D eigenvalue weighted by atomic mass is 10.2. The minimum absolute atomic E-state index is 0.150. The maximum Gasteiger partial charge on any atom is 0.251 e. The Morgan fingerprint density at radius 2 is 2.41 bits per heavy atom. The van der Waals surface area contributed by atoms with Gasteiger partial charge in [-0.25, -0.2) is 0 Å². The molecule has 0 saturated carbocycles. The number of aromatic nitrogens is 3. The van der Waals surface area contributed by atoms with Gasteiger partial charge in [0.1, 0.15) is 0 Å². The van der Waals surface area contributed by atoms with Gasteiger partial charge in [-0.05, 0) is 12.1 Å². The third-order valence-electron chi connectivity index (χ3n) is 2.30. The Morgan fingerprint density at radius 3 is 3.12 bits per heavy atom. The van der Waals surface area contributed by atoms with Crippen LogP contribution in [0.15, 0.2) is 30.7 Å². The summed E-state index contributed by atoms with van der Waals surface area (Å²) in [7, 11) is 0. The summed E-state index contributed by atoms with van der Waals surface area (Å²) in [4.78, 5) is 15.8. The largest absolute Gasteiger partial charge is 0.348 e. The summed E-state index contributed by atoms with van der Waals surface area (Å²) in [5, 5.41) is 9.27. The highest BCUT2D eigenvalue weighted by molar-refractivity contribution is 5.94. The first-order chi connectivity index (χ1) is 8.29. The molecule has 0 aliphatic heterocycles. The summed E-state index contributed by atoms with van der Waals surface area (Å²) in [6.45, 7) is 0.762. The lowest BCUT2D eigenvalue weighted by Gasteiger charge is -2.04. The number of rotatable bonds is 4. The highest BCUT2D eigenvalue weighted by Crippen LogP contribution is 2.02. The van der Waals surface area contributed by atoms with E-state index in [4.69, 9.17) is 5.73 Å². The number of nitrogens with two attached hydrogens (primary N) is 1. The van der Waals surface area contributed by atoms with Crippen molar-refractivity contribution in [2.75, 3.05) is 0 Å². The van der Waals surface area contributed by atoms with Gasteiger partial charge >= 0.3 is 0 Å². The first kappa shape index (κ1) is 11.3.